The Bertz CT molecular complexity index is 766. The first-order chi connectivity index (χ1) is 11.5. The molecule has 0 bridgehead atoms. The minimum absolute atomic E-state index is 0.0507. The van der Waals surface area contributed by atoms with Crippen molar-refractivity contribution in [3.8, 4) is 5.75 Å². The van der Waals surface area contributed by atoms with Gasteiger partial charge in [0.05, 0.1) is 5.92 Å². The molecule has 9 heteroatoms. The van der Waals surface area contributed by atoms with E-state index < -0.39 is 31.2 Å². The first-order valence-electron chi connectivity index (χ1n) is 7.56. The molecule has 1 aromatic carbocycles. The molecule has 0 spiro atoms. The molecule has 0 fully saturated rings. The van der Waals surface area contributed by atoms with E-state index in [9.17, 15) is 24.7 Å². The zero-order chi connectivity index (χ0) is 18.8. The summed E-state index contributed by atoms with van der Waals surface area (Å²) in [6, 6.07) is 5.97. The summed E-state index contributed by atoms with van der Waals surface area (Å²) < 4.78 is 11.2. The monoisotopic (exact) mass is 369 g/mol. The molecule has 136 valence electrons. The van der Waals surface area contributed by atoms with Crippen molar-refractivity contribution in [2.24, 2.45) is 5.92 Å². The molecule has 25 heavy (non-hydrogen) atoms. The highest BCUT2D eigenvalue weighted by Gasteiger charge is 2.45. The molecule has 1 aliphatic carbocycles. The van der Waals surface area contributed by atoms with Crippen molar-refractivity contribution in [3.63, 3.8) is 0 Å². The molecule has 8 nitrogen and oxygen atoms in total. The van der Waals surface area contributed by atoms with E-state index in [4.69, 9.17) is 9.79 Å². The number of aliphatic hydroxyl groups is 2. The third kappa shape index (κ3) is 4.56. The van der Waals surface area contributed by atoms with Crippen LogP contribution in [-0.2, 0) is 9.36 Å². The van der Waals surface area contributed by atoms with Crippen molar-refractivity contribution >= 4 is 13.5 Å². The van der Waals surface area contributed by atoms with Crippen LogP contribution >= 0.6 is 7.75 Å². The molecule has 0 heterocycles. The van der Waals surface area contributed by atoms with Gasteiger partial charge in [-0.3, -0.25) is 9.88 Å². The molecule has 2 atom stereocenters. The van der Waals surface area contributed by atoms with E-state index in [2.05, 4.69) is 0 Å². The normalized spacial score (nSPS) is 19.5. The summed E-state index contributed by atoms with van der Waals surface area (Å²) in [6.45, 7) is 1.70. The molecule has 0 amide bonds. The van der Waals surface area contributed by atoms with E-state index in [-0.39, 0.29) is 17.9 Å². The van der Waals surface area contributed by atoms with E-state index in [1.54, 1.807) is 19.1 Å². The number of hydrogen-bond acceptors (Lipinski definition) is 5. The van der Waals surface area contributed by atoms with Crippen LogP contribution in [0.4, 0.5) is 0 Å². The molecule has 1 aromatic rings. The molecule has 1 aliphatic rings. The highest BCUT2D eigenvalue weighted by Crippen LogP contribution is 2.42. The highest BCUT2D eigenvalue weighted by atomic mass is 31.2. The summed E-state index contributed by atoms with van der Waals surface area (Å²) in [6.07, 6.45) is 3.47. The molecule has 2 rings (SSSR count). The maximum absolute atomic E-state index is 11.5. The summed E-state index contributed by atoms with van der Waals surface area (Å²) in [4.78, 5) is 29.8. The van der Waals surface area contributed by atoms with Gasteiger partial charge in [-0.25, -0.2) is 4.57 Å². The van der Waals surface area contributed by atoms with Crippen molar-refractivity contribution in [1.82, 2.24) is 5.09 Å². The zero-order valence-electron chi connectivity index (χ0n) is 13.4. The fraction of sp³-hybridized carbons (Fsp3) is 0.312. The Morgan fingerprint density at radius 3 is 2.56 bits per heavy atom. The summed E-state index contributed by atoms with van der Waals surface area (Å²) in [7, 11) is -4.75. The molecule has 6 N–H and O–H groups in total. The highest BCUT2D eigenvalue weighted by molar-refractivity contribution is 7.49. The van der Waals surface area contributed by atoms with Crippen molar-refractivity contribution in [2.45, 2.75) is 25.0 Å². The van der Waals surface area contributed by atoms with Gasteiger partial charge in [0.15, 0.2) is 11.6 Å². The predicted molar refractivity (Wildman–Crippen MR) is 89.2 cm³/mol. The Kier molecular flexibility index (Phi) is 5.51. The first kappa shape index (κ1) is 19.4. The lowest BCUT2D eigenvalue weighted by Crippen LogP contribution is -2.46. The summed E-state index contributed by atoms with van der Waals surface area (Å²) in [5.41, 5.74) is 0.151. The van der Waals surface area contributed by atoms with Crippen LogP contribution in [0.5, 0.6) is 5.75 Å². The van der Waals surface area contributed by atoms with Crippen LogP contribution in [0.2, 0.25) is 0 Å². The molecule has 0 saturated heterocycles. The average molecular weight is 369 g/mol. The van der Waals surface area contributed by atoms with Gasteiger partial charge in [0, 0.05) is 17.7 Å². The fourth-order valence-electron chi connectivity index (χ4n) is 2.97. The van der Waals surface area contributed by atoms with Crippen LogP contribution in [0.3, 0.4) is 0 Å². The number of carbonyl (C=O) groups is 1. The number of carbonyl (C=O) groups excluding carboxylic acids is 1. The van der Waals surface area contributed by atoms with E-state index >= 15 is 0 Å². The number of phenols is 1. The topological polar surface area (TPSA) is 147 Å². The lowest BCUT2D eigenvalue weighted by molar-refractivity contribution is -0.199. The van der Waals surface area contributed by atoms with E-state index in [1.807, 2.05) is 5.09 Å². The van der Waals surface area contributed by atoms with Gasteiger partial charge in [-0.2, -0.15) is 0 Å². The van der Waals surface area contributed by atoms with E-state index in [0.717, 1.165) is 12.2 Å². The lowest BCUT2D eigenvalue weighted by atomic mass is 9.78. The van der Waals surface area contributed by atoms with Crippen LogP contribution in [0.15, 0.2) is 48.2 Å². The standard InChI is InChI=1S/C16H20NO7P/c1-2-13(10-4-3-5-11(18)8-10)16(20,21)14-7-6-12(19)9-15(14)17-25(22,23)24/h3-9,13-14,18,20-21H,2H2,1H3,(H3,17,22,23,24). The number of allylic oxidation sites excluding steroid dienone is 2. The lowest BCUT2D eigenvalue weighted by Gasteiger charge is -2.38. The largest absolute Gasteiger partial charge is 0.508 e. The third-order valence-corrected chi connectivity index (χ3v) is 4.56. The molecule has 0 aromatic heterocycles. The number of rotatable bonds is 6. The summed E-state index contributed by atoms with van der Waals surface area (Å²) in [5.74, 6) is -5.21. The zero-order valence-corrected chi connectivity index (χ0v) is 14.3. The maximum Gasteiger partial charge on any atom is 0.427 e. The van der Waals surface area contributed by atoms with Crippen LogP contribution in [-0.4, -0.2) is 36.7 Å². The molecular weight excluding hydrogens is 349 g/mol. The van der Waals surface area contributed by atoms with Gasteiger partial charge in [0.25, 0.3) is 0 Å². The Hall–Kier alpha value is -1.96. The number of nitrogens with one attached hydrogen (secondary N) is 1. The minimum atomic E-state index is -4.75. The smallest absolute Gasteiger partial charge is 0.427 e. The van der Waals surface area contributed by atoms with Gasteiger partial charge in [0.2, 0.25) is 0 Å². The van der Waals surface area contributed by atoms with Crippen molar-refractivity contribution in [1.29, 1.82) is 0 Å². The second kappa shape index (κ2) is 7.11. The van der Waals surface area contributed by atoms with Crippen molar-refractivity contribution in [2.75, 3.05) is 0 Å². The van der Waals surface area contributed by atoms with Crippen molar-refractivity contribution < 1.29 is 34.5 Å². The molecule has 2 unspecified atom stereocenters. The van der Waals surface area contributed by atoms with E-state index in [0.29, 0.717) is 5.56 Å². The molecular formula is C16H20NO7P. The Morgan fingerprint density at radius 1 is 1.32 bits per heavy atom. The van der Waals surface area contributed by atoms with Crippen LogP contribution < -0.4 is 5.09 Å². The third-order valence-electron chi connectivity index (χ3n) is 4.01. The Morgan fingerprint density at radius 2 is 2.00 bits per heavy atom. The van der Waals surface area contributed by atoms with Crippen LogP contribution in [0, 0.1) is 5.92 Å². The van der Waals surface area contributed by atoms with Crippen LogP contribution in [0.25, 0.3) is 0 Å². The average Bonchev–Trinajstić information content (AvgIpc) is 2.45. The predicted octanol–water partition coefficient (Wildman–Crippen LogP) is 0.888. The quantitative estimate of drug-likeness (QED) is 0.320. The van der Waals surface area contributed by atoms with Gasteiger partial charge in [-0.15, -0.1) is 0 Å². The van der Waals surface area contributed by atoms with E-state index in [1.165, 1.54) is 18.2 Å². The second-order valence-corrected chi connectivity index (χ2v) is 7.15. The van der Waals surface area contributed by atoms with Crippen molar-refractivity contribution in [3.05, 3.63) is 53.8 Å². The molecule has 0 saturated carbocycles. The Labute approximate surface area is 144 Å². The van der Waals surface area contributed by atoms with Crippen LogP contribution in [0.1, 0.15) is 24.8 Å². The Balaban J connectivity index is 2.43. The fourth-order valence-corrected chi connectivity index (χ4v) is 3.51. The number of ketones is 1. The second-order valence-electron chi connectivity index (χ2n) is 5.83. The van der Waals surface area contributed by atoms with Gasteiger partial charge in [0.1, 0.15) is 5.75 Å². The first-order valence-corrected chi connectivity index (χ1v) is 9.17. The number of aromatic hydroxyl groups is 1. The minimum Gasteiger partial charge on any atom is -0.508 e. The SMILES string of the molecule is CCC(c1cccc(O)c1)C(O)(O)C1C=CC(=O)C=C1NP(=O)(O)O. The van der Waals surface area contributed by atoms with Gasteiger partial charge < -0.3 is 25.1 Å². The number of benzene rings is 1. The number of hydrogen-bond donors (Lipinski definition) is 6. The van der Waals surface area contributed by atoms with Gasteiger partial charge in [-0.1, -0.05) is 25.1 Å². The molecule has 0 aliphatic heterocycles. The van der Waals surface area contributed by atoms with Gasteiger partial charge in [-0.05, 0) is 30.2 Å². The maximum atomic E-state index is 11.5. The molecule has 0 radical (unpaired) electrons. The van der Waals surface area contributed by atoms with Gasteiger partial charge >= 0.3 is 7.75 Å². The summed E-state index contributed by atoms with van der Waals surface area (Å²) >= 11 is 0. The number of phenolic OH excluding ortho intramolecular Hbond substituents is 1. The summed E-state index contributed by atoms with van der Waals surface area (Å²) in [5, 5.41) is 33.0.